The Balaban J connectivity index is 1.48. The summed E-state index contributed by atoms with van der Waals surface area (Å²) in [5.74, 6) is 0.590. The lowest BCUT2D eigenvalue weighted by Crippen LogP contribution is -2.42. The van der Waals surface area contributed by atoms with E-state index in [4.69, 9.17) is 11.6 Å². The van der Waals surface area contributed by atoms with Crippen LogP contribution in [-0.2, 0) is 13.0 Å². The van der Waals surface area contributed by atoms with Gasteiger partial charge in [-0.15, -0.1) is 0 Å². The molecule has 1 unspecified atom stereocenters. The molecular formula is C21H29ClN4O. The first kappa shape index (κ1) is 19.9. The molecule has 1 aliphatic rings. The Morgan fingerprint density at radius 2 is 2.11 bits per heavy atom. The fourth-order valence-corrected chi connectivity index (χ4v) is 3.91. The molecule has 2 aromatic rings. The topological polar surface area (TPSA) is 41.4 Å². The molecule has 0 radical (unpaired) electrons. The molecule has 6 heteroatoms. The van der Waals surface area contributed by atoms with E-state index in [0.717, 1.165) is 44.2 Å². The Labute approximate surface area is 166 Å². The average Bonchev–Trinajstić information content (AvgIpc) is 3.16. The molecular weight excluding hydrogens is 360 g/mol. The smallest absolute Gasteiger partial charge is 0.256 e. The molecule has 0 N–H and O–H groups in total. The Morgan fingerprint density at radius 3 is 2.81 bits per heavy atom. The van der Waals surface area contributed by atoms with Crippen molar-refractivity contribution in [2.75, 3.05) is 33.2 Å². The largest absolute Gasteiger partial charge is 0.341 e. The van der Waals surface area contributed by atoms with Crippen molar-refractivity contribution in [1.82, 2.24) is 19.6 Å². The minimum absolute atomic E-state index is 0.0630. The number of halogens is 1. The number of aromatic nitrogens is 2. The van der Waals surface area contributed by atoms with E-state index < -0.39 is 0 Å². The molecule has 1 aliphatic heterocycles. The van der Waals surface area contributed by atoms with Crippen LogP contribution in [0.5, 0.6) is 0 Å². The van der Waals surface area contributed by atoms with Crippen LogP contribution in [0.4, 0.5) is 0 Å². The highest BCUT2D eigenvalue weighted by Gasteiger charge is 2.23. The van der Waals surface area contributed by atoms with Crippen LogP contribution in [0.25, 0.3) is 0 Å². The molecule has 146 valence electrons. The zero-order chi connectivity index (χ0) is 19.2. The first-order valence-corrected chi connectivity index (χ1v) is 10.2. The fraction of sp³-hybridized carbons (Fsp3) is 0.524. The Kier molecular flexibility index (Phi) is 6.91. The second-order valence-corrected chi connectivity index (χ2v) is 7.89. The molecule has 0 bridgehead atoms. The molecule has 1 aromatic heterocycles. The van der Waals surface area contributed by atoms with Gasteiger partial charge in [0.15, 0.2) is 0 Å². The molecule has 27 heavy (non-hydrogen) atoms. The van der Waals surface area contributed by atoms with E-state index in [-0.39, 0.29) is 5.91 Å². The summed E-state index contributed by atoms with van der Waals surface area (Å²) in [6.45, 7) is 6.85. The maximum atomic E-state index is 12.6. The average molecular weight is 389 g/mol. The van der Waals surface area contributed by atoms with Crippen molar-refractivity contribution in [3.05, 3.63) is 52.8 Å². The number of carbonyl (C=O) groups is 1. The molecule has 2 heterocycles. The van der Waals surface area contributed by atoms with Crippen LogP contribution in [0.3, 0.4) is 0 Å². The summed E-state index contributed by atoms with van der Waals surface area (Å²) in [5, 5.41) is 4.99. The number of rotatable bonds is 7. The summed E-state index contributed by atoms with van der Waals surface area (Å²) < 4.78 is 1.79. The number of amides is 1. The third-order valence-corrected chi connectivity index (χ3v) is 5.57. The van der Waals surface area contributed by atoms with Crippen molar-refractivity contribution in [2.24, 2.45) is 5.92 Å². The van der Waals surface area contributed by atoms with Crippen LogP contribution in [0.15, 0.2) is 36.7 Å². The third-order valence-electron chi connectivity index (χ3n) is 5.32. The summed E-state index contributed by atoms with van der Waals surface area (Å²) >= 11 is 5.96. The third kappa shape index (κ3) is 5.56. The molecule has 3 rings (SSSR count). The quantitative estimate of drug-likeness (QED) is 0.727. The van der Waals surface area contributed by atoms with E-state index >= 15 is 0 Å². The molecule has 1 fully saturated rings. The van der Waals surface area contributed by atoms with Gasteiger partial charge in [-0.2, -0.15) is 5.10 Å². The van der Waals surface area contributed by atoms with Gasteiger partial charge in [-0.1, -0.05) is 23.7 Å². The van der Waals surface area contributed by atoms with Gasteiger partial charge in [0, 0.05) is 44.4 Å². The van der Waals surface area contributed by atoms with Gasteiger partial charge in [-0.3, -0.25) is 9.48 Å². The van der Waals surface area contributed by atoms with Gasteiger partial charge in [0.25, 0.3) is 5.91 Å². The second-order valence-electron chi connectivity index (χ2n) is 7.46. The van der Waals surface area contributed by atoms with E-state index in [1.54, 1.807) is 10.9 Å². The maximum absolute atomic E-state index is 12.6. The molecule has 1 atom stereocenters. The lowest BCUT2D eigenvalue weighted by Gasteiger charge is -2.34. The summed E-state index contributed by atoms with van der Waals surface area (Å²) in [6.07, 6.45) is 6.92. The van der Waals surface area contributed by atoms with E-state index in [9.17, 15) is 4.79 Å². The van der Waals surface area contributed by atoms with Crippen LogP contribution >= 0.6 is 11.6 Å². The van der Waals surface area contributed by atoms with E-state index in [1.807, 2.05) is 37.2 Å². The number of hydrogen-bond donors (Lipinski definition) is 0. The van der Waals surface area contributed by atoms with Crippen molar-refractivity contribution in [3.8, 4) is 0 Å². The van der Waals surface area contributed by atoms with E-state index in [2.05, 4.69) is 22.1 Å². The van der Waals surface area contributed by atoms with Gasteiger partial charge in [-0.05, 0) is 56.3 Å². The Morgan fingerprint density at radius 1 is 1.33 bits per heavy atom. The summed E-state index contributed by atoms with van der Waals surface area (Å²) in [6, 6.07) is 8.12. The molecule has 0 aliphatic carbocycles. The first-order valence-electron chi connectivity index (χ1n) is 9.80. The second kappa shape index (κ2) is 9.38. The predicted molar refractivity (Wildman–Crippen MR) is 109 cm³/mol. The number of likely N-dealkylation sites (tertiary alicyclic amines) is 1. The van der Waals surface area contributed by atoms with Crippen molar-refractivity contribution in [2.45, 2.75) is 32.7 Å². The zero-order valence-corrected chi connectivity index (χ0v) is 17.0. The van der Waals surface area contributed by atoms with Crippen LogP contribution < -0.4 is 0 Å². The monoisotopic (exact) mass is 388 g/mol. The molecule has 1 amide bonds. The molecule has 0 spiro atoms. The van der Waals surface area contributed by atoms with Crippen LogP contribution in [0.2, 0.25) is 5.02 Å². The van der Waals surface area contributed by atoms with Crippen molar-refractivity contribution >= 4 is 17.5 Å². The number of nitrogens with zero attached hydrogens (tertiary/aromatic N) is 4. The number of piperidine rings is 1. The van der Waals surface area contributed by atoms with Crippen molar-refractivity contribution in [1.29, 1.82) is 0 Å². The highest BCUT2D eigenvalue weighted by molar-refractivity contribution is 6.30. The SMILES string of the molecule is CCn1cc(C(=O)N(C)CC2CCCN(CCc3ccc(Cl)cc3)C2)cn1. The number of carbonyl (C=O) groups excluding carboxylic acids is 1. The lowest BCUT2D eigenvalue weighted by atomic mass is 9.97. The number of hydrogen-bond acceptors (Lipinski definition) is 3. The van der Waals surface area contributed by atoms with E-state index in [1.165, 1.54) is 18.4 Å². The maximum Gasteiger partial charge on any atom is 0.256 e. The van der Waals surface area contributed by atoms with Crippen molar-refractivity contribution in [3.63, 3.8) is 0 Å². The zero-order valence-electron chi connectivity index (χ0n) is 16.3. The highest BCUT2D eigenvalue weighted by atomic mass is 35.5. The van der Waals surface area contributed by atoms with Crippen molar-refractivity contribution < 1.29 is 4.79 Å². The van der Waals surface area contributed by atoms with Crippen LogP contribution in [0.1, 0.15) is 35.7 Å². The summed E-state index contributed by atoms with van der Waals surface area (Å²) in [4.78, 5) is 17.0. The molecule has 1 saturated heterocycles. The summed E-state index contributed by atoms with van der Waals surface area (Å²) in [7, 11) is 1.90. The highest BCUT2D eigenvalue weighted by Crippen LogP contribution is 2.19. The van der Waals surface area contributed by atoms with Gasteiger partial charge in [0.05, 0.1) is 11.8 Å². The van der Waals surface area contributed by atoms with Gasteiger partial charge in [0.1, 0.15) is 0 Å². The fourth-order valence-electron chi connectivity index (χ4n) is 3.78. The standard InChI is InChI=1S/C21H29ClN4O/c1-3-26-16-19(13-23-26)21(27)24(2)14-18-5-4-11-25(15-18)12-10-17-6-8-20(22)9-7-17/h6-9,13,16,18H,3-5,10-12,14-15H2,1-2H3. The minimum Gasteiger partial charge on any atom is -0.341 e. The molecule has 1 aromatic carbocycles. The number of aryl methyl sites for hydroxylation is 1. The lowest BCUT2D eigenvalue weighted by molar-refractivity contribution is 0.0730. The van der Waals surface area contributed by atoms with Gasteiger partial charge in [0.2, 0.25) is 0 Å². The predicted octanol–water partition coefficient (Wildman–Crippen LogP) is 3.58. The van der Waals surface area contributed by atoms with E-state index in [0.29, 0.717) is 11.5 Å². The van der Waals surface area contributed by atoms with Crippen LogP contribution in [0, 0.1) is 5.92 Å². The van der Waals surface area contributed by atoms with Gasteiger partial charge in [-0.25, -0.2) is 0 Å². The summed E-state index contributed by atoms with van der Waals surface area (Å²) in [5.41, 5.74) is 2.00. The molecule has 5 nitrogen and oxygen atoms in total. The van der Waals surface area contributed by atoms with Gasteiger partial charge >= 0.3 is 0 Å². The first-order chi connectivity index (χ1) is 13.0. The number of benzene rings is 1. The normalized spacial score (nSPS) is 17.8. The molecule has 0 saturated carbocycles. The Hall–Kier alpha value is -1.85. The van der Waals surface area contributed by atoms with Crippen LogP contribution in [-0.4, -0.2) is 58.7 Å². The minimum atomic E-state index is 0.0630. The van der Waals surface area contributed by atoms with Gasteiger partial charge < -0.3 is 9.80 Å². The Bertz CT molecular complexity index is 743.